The van der Waals surface area contributed by atoms with Crippen molar-refractivity contribution in [1.82, 2.24) is 5.32 Å². The zero-order valence-corrected chi connectivity index (χ0v) is 21.4. The molecule has 0 radical (unpaired) electrons. The lowest BCUT2D eigenvalue weighted by Crippen LogP contribution is -2.41. The largest absolute Gasteiger partial charge is 0.494 e. The Kier molecular flexibility index (Phi) is 7.69. The number of hydrogen-bond donors (Lipinski definition) is 1. The highest BCUT2D eigenvalue weighted by Crippen LogP contribution is 2.32. The predicted octanol–water partition coefficient (Wildman–Crippen LogP) is 4.24. The molecule has 190 valence electrons. The number of benzene rings is 3. The fraction of sp³-hybridized carbons (Fsp3) is 0.296. The number of nitrogens with zero attached hydrogens (tertiary/aromatic N) is 1. The Morgan fingerprint density at radius 1 is 1.00 bits per heavy atom. The van der Waals surface area contributed by atoms with Crippen LogP contribution in [0.15, 0.2) is 71.6 Å². The second-order valence-electron chi connectivity index (χ2n) is 8.44. The van der Waals surface area contributed by atoms with Gasteiger partial charge in [-0.15, -0.1) is 0 Å². The minimum atomic E-state index is -4.01. The maximum absolute atomic E-state index is 13.6. The van der Waals surface area contributed by atoms with E-state index in [1.165, 1.54) is 0 Å². The SMILES string of the molecule is CCOc1ccc(N(CC(=O)N[C@@H](C)c2ccc3c(c2)OCCO3)S(=O)(=O)c2ccc(C)cc2)cc1. The Balaban J connectivity index is 1.57. The van der Waals surface area contributed by atoms with Gasteiger partial charge in [0.25, 0.3) is 10.0 Å². The number of carbonyl (C=O) groups is 1. The van der Waals surface area contributed by atoms with E-state index >= 15 is 0 Å². The molecular formula is C27H30N2O6S. The van der Waals surface area contributed by atoms with Crippen LogP contribution >= 0.6 is 0 Å². The van der Waals surface area contributed by atoms with Crippen molar-refractivity contribution in [3.05, 3.63) is 77.9 Å². The van der Waals surface area contributed by atoms with Crippen molar-refractivity contribution in [3.63, 3.8) is 0 Å². The summed E-state index contributed by atoms with van der Waals surface area (Å²) in [5.74, 6) is 1.46. The molecule has 1 heterocycles. The molecule has 9 heteroatoms. The lowest BCUT2D eigenvalue weighted by Gasteiger charge is -2.26. The van der Waals surface area contributed by atoms with Crippen molar-refractivity contribution in [2.45, 2.75) is 31.7 Å². The number of rotatable bonds is 9. The van der Waals surface area contributed by atoms with Gasteiger partial charge in [0.2, 0.25) is 5.91 Å². The van der Waals surface area contributed by atoms with Gasteiger partial charge in [0, 0.05) is 0 Å². The summed E-state index contributed by atoms with van der Waals surface area (Å²) < 4.78 is 45.0. The maximum Gasteiger partial charge on any atom is 0.264 e. The molecule has 3 aromatic rings. The number of amides is 1. The first-order chi connectivity index (χ1) is 17.3. The summed E-state index contributed by atoms with van der Waals surface area (Å²) in [4.78, 5) is 13.2. The lowest BCUT2D eigenvalue weighted by molar-refractivity contribution is -0.120. The van der Waals surface area contributed by atoms with Gasteiger partial charge >= 0.3 is 0 Å². The normalized spacial score (nSPS) is 13.5. The number of fused-ring (bicyclic) bond motifs is 1. The van der Waals surface area contributed by atoms with Crippen LogP contribution in [0.3, 0.4) is 0 Å². The van der Waals surface area contributed by atoms with E-state index in [4.69, 9.17) is 14.2 Å². The number of hydrogen-bond acceptors (Lipinski definition) is 6. The smallest absolute Gasteiger partial charge is 0.264 e. The Hall–Kier alpha value is -3.72. The summed E-state index contributed by atoms with van der Waals surface area (Å²) >= 11 is 0. The first kappa shape index (κ1) is 25.4. The summed E-state index contributed by atoms with van der Waals surface area (Å²) in [6.45, 7) is 6.64. The fourth-order valence-corrected chi connectivity index (χ4v) is 5.28. The topological polar surface area (TPSA) is 94.2 Å². The number of carbonyl (C=O) groups excluding carboxylic acids is 1. The van der Waals surface area contributed by atoms with E-state index in [-0.39, 0.29) is 17.5 Å². The highest BCUT2D eigenvalue weighted by Gasteiger charge is 2.28. The van der Waals surface area contributed by atoms with Crippen molar-refractivity contribution in [3.8, 4) is 17.2 Å². The average molecular weight is 511 g/mol. The third-order valence-electron chi connectivity index (χ3n) is 5.78. The van der Waals surface area contributed by atoms with Crippen LogP contribution in [0.1, 0.15) is 31.0 Å². The number of nitrogens with one attached hydrogen (secondary N) is 1. The van der Waals surface area contributed by atoms with Crippen LogP contribution in [0.2, 0.25) is 0 Å². The van der Waals surface area contributed by atoms with Crippen LogP contribution in [0.4, 0.5) is 5.69 Å². The maximum atomic E-state index is 13.6. The van der Waals surface area contributed by atoms with Crippen molar-refractivity contribution in [1.29, 1.82) is 0 Å². The molecule has 3 aromatic carbocycles. The molecule has 0 spiro atoms. The van der Waals surface area contributed by atoms with Crippen LogP contribution in [0.5, 0.6) is 17.2 Å². The first-order valence-corrected chi connectivity index (χ1v) is 13.2. The van der Waals surface area contributed by atoms with Gasteiger partial charge < -0.3 is 19.5 Å². The van der Waals surface area contributed by atoms with Crippen LogP contribution in [0.25, 0.3) is 0 Å². The van der Waals surface area contributed by atoms with Gasteiger partial charge in [-0.05, 0) is 74.9 Å². The molecule has 0 saturated heterocycles. The minimum Gasteiger partial charge on any atom is -0.494 e. The fourth-order valence-electron chi connectivity index (χ4n) is 3.86. The van der Waals surface area contributed by atoms with E-state index in [0.717, 1.165) is 15.4 Å². The molecular weight excluding hydrogens is 480 g/mol. The van der Waals surface area contributed by atoms with Gasteiger partial charge in [-0.3, -0.25) is 9.10 Å². The van der Waals surface area contributed by atoms with Gasteiger partial charge in [0.1, 0.15) is 25.5 Å². The van der Waals surface area contributed by atoms with Gasteiger partial charge in [-0.1, -0.05) is 23.8 Å². The third-order valence-corrected chi connectivity index (χ3v) is 7.56. The van der Waals surface area contributed by atoms with E-state index < -0.39 is 15.9 Å². The molecule has 1 atom stereocenters. The molecule has 0 unspecified atom stereocenters. The van der Waals surface area contributed by atoms with Gasteiger partial charge in [-0.2, -0.15) is 0 Å². The Bertz CT molecular complexity index is 1310. The second-order valence-corrected chi connectivity index (χ2v) is 10.3. The van der Waals surface area contributed by atoms with Crippen molar-refractivity contribution >= 4 is 21.6 Å². The third kappa shape index (κ3) is 5.73. The average Bonchev–Trinajstić information content (AvgIpc) is 2.88. The monoisotopic (exact) mass is 510 g/mol. The van der Waals surface area contributed by atoms with Crippen molar-refractivity contribution < 1.29 is 27.4 Å². The summed E-state index contributed by atoms with van der Waals surface area (Å²) in [5, 5.41) is 2.90. The molecule has 1 N–H and O–H groups in total. The zero-order chi connectivity index (χ0) is 25.7. The van der Waals surface area contributed by atoms with Gasteiger partial charge in [-0.25, -0.2) is 8.42 Å². The molecule has 0 saturated carbocycles. The molecule has 0 fully saturated rings. The van der Waals surface area contributed by atoms with Crippen LogP contribution in [-0.2, 0) is 14.8 Å². The van der Waals surface area contributed by atoms with E-state index in [0.29, 0.717) is 42.8 Å². The molecule has 4 rings (SSSR count). The van der Waals surface area contributed by atoms with E-state index in [9.17, 15) is 13.2 Å². The second kappa shape index (κ2) is 10.9. The van der Waals surface area contributed by atoms with E-state index in [1.54, 1.807) is 54.6 Å². The van der Waals surface area contributed by atoms with Crippen LogP contribution in [0, 0.1) is 6.92 Å². The Labute approximate surface area is 211 Å². The molecule has 0 aromatic heterocycles. The number of anilines is 1. The number of aryl methyl sites for hydroxylation is 1. The highest BCUT2D eigenvalue weighted by molar-refractivity contribution is 7.92. The van der Waals surface area contributed by atoms with Gasteiger partial charge in [0.15, 0.2) is 11.5 Å². The molecule has 36 heavy (non-hydrogen) atoms. The molecule has 1 amide bonds. The van der Waals surface area contributed by atoms with Crippen molar-refractivity contribution in [2.24, 2.45) is 0 Å². The predicted molar refractivity (Wildman–Crippen MR) is 137 cm³/mol. The van der Waals surface area contributed by atoms with Crippen LogP contribution in [-0.4, -0.2) is 40.7 Å². The molecule has 0 bridgehead atoms. The van der Waals surface area contributed by atoms with Crippen molar-refractivity contribution in [2.75, 3.05) is 30.7 Å². The Morgan fingerprint density at radius 2 is 1.67 bits per heavy atom. The molecule has 1 aliphatic heterocycles. The van der Waals surface area contributed by atoms with Gasteiger partial charge in [0.05, 0.1) is 23.2 Å². The summed E-state index contributed by atoms with van der Waals surface area (Å²) in [6.07, 6.45) is 0. The molecule has 1 aliphatic rings. The minimum absolute atomic E-state index is 0.106. The summed E-state index contributed by atoms with van der Waals surface area (Å²) in [6, 6.07) is 18.3. The number of ether oxygens (including phenoxy) is 3. The number of sulfonamides is 1. The highest BCUT2D eigenvalue weighted by atomic mass is 32.2. The molecule has 0 aliphatic carbocycles. The van der Waals surface area contributed by atoms with E-state index in [1.807, 2.05) is 32.9 Å². The first-order valence-electron chi connectivity index (χ1n) is 11.8. The van der Waals surface area contributed by atoms with Crippen LogP contribution < -0.4 is 23.8 Å². The summed E-state index contributed by atoms with van der Waals surface area (Å²) in [7, 11) is -4.01. The molecule has 8 nitrogen and oxygen atoms in total. The quantitative estimate of drug-likeness (QED) is 0.463. The van der Waals surface area contributed by atoms with E-state index in [2.05, 4.69) is 5.32 Å². The Morgan fingerprint density at radius 3 is 2.33 bits per heavy atom. The lowest BCUT2D eigenvalue weighted by atomic mass is 10.1. The summed E-state index contributed by atoms with van der Waals surface area (Å²) in [5.41, 5.74) is 2.12. The zero-order valence-electron chi connectivity index (χ0n) is 20.6. The standard InChI is InChI=1S/C27H30N2O6S/c1-4-33-23-10-8-22(9-11-23)29(36(31,32)24-12-5-19(2)6-13-24)18-27(30)28-20(3)21-7-14-25-26(17-21)35-16-15-34-25/h5-14,17,20H,4,15-16,18H2,1-3H3,(H,28,30)/t20-/m0/s1.